The van der Waals surface area contributed by atoms with E-state index in [1.54, 1.807) is 11.3 Å². The molecule has 1 fully saturated rings. The molecule has 4 nitrogen and oxygen atoms in total. The van der Waals surface area contributed by atoms with E-state index in [9.17, 15) is 4.79 Å². The van der Waals surface area contributed by atoms with Crippen LogP contribution in [0, 0.1) is 19.8 Å². The molecule has 3 rings (SSSR count). The second kappa shape index (κ2) is 9.32. The number of benzene rings is 1. The minimum atomic E-state index is 0. The smallest absolute Gasteiger partial charge is 0.226 e. The summed E-state index contributed by atoms with van der Waals surface area (Å²) in [6.07, 6.45) is 5.46. The molecule has 136 valence electrons. The van der Waals surface area contributed by atoms with Crippen LogP contribution in [-0.2, 0) is 11.2 Å². The Morgan fingerprint density at radius 3 is 2.92 bits per heavy atom. The van der Waals surface area contributed by atoms with Crippen LogP contribution in [0.25, 0.3) is 0 Å². The molecule has 1 atom stereocenters. The molecule has 0 radical (unpaired) electrons. The highest BCUT2D eigenvalue weighted by Crippen LogP contribution is 2.23. The molecule has 0 spiro atoms. The van der Waals surface area contributed by atoms with Gasteiger partial charge in [-0.25, -0.2) is 4.98 Å². The van der Waals surface area contributed by atoms with E-state index in [1.807, 2.05) is 6.20 Å². The van der Waals surface area contributed by atoms with Gasteiger partial charge in [0.2, 0.25) is 5.91 Å². The van der Waals surface area contributed by atoms with Crippen LogP contribution in [0.4, 0.5) is 5.13 Å². The zero-order valence-electron chi connectivity index (χ0n) is 14.8. The molecule has 1 aliphatic rings. The van der Waals surface area contributed by atoms with Crippen LogP contribution < -0.4 is 10.6 Å². The second-order valence-corrected chi connectivity index (χ2v) is 7.79. The van der Waals surface area contributed by atoms with Crippen molar-refractivity contribution in [2.24, 2.45) is 5.92 Å². The molecule has 1 aliphatic heterocycles. The summed E-state index contributed by atoms with van der Waals surface area (Å²) in [5.74, 6) is 0.723. The molecule has 1 saturated heterocycles. The molecule has 1 aromatic heterocycles. The minimum Gasteiger partial charge on any atom is -0.316 e. The number of nitrogens with one attached hydrogen (secondary N) is 2. The number of amides is 1. The number of carbonyl (C=O) groups excluding carboxylic acids is 1. The SMILES string of the molecule is Cc1ccc(Cc2cnc(NC(=O)CCC3CCNC3)s2)cc1C.Cl. The monoisotopic (exact) mass is 379 g/mol. The minimum absolute atomic E-state index is 0. The van der Waals surface area contributed by atoms with Gasteiger partial charge >= 0.3 is 0 Å². The van der Waals surface area contributed by atoms with Gasteiger partial charge in [0, 0.05) is 23.9 Å². The van der Waals surface area contributed by atoms with Crippen molar-refractivity contribution in [3.05, 3.63) is 46.0 Å². The predicted octanol–water partition coefficient (Wildman–Crippen LogP) is 4.10. The summed E-state index contributed by atoms with van der Waals surface area (Å²) < 4.78 is 0. The topological polar surface area (TPSA) is 54.0 Å². The highest BCUT2D eigenvalue weighted by Gasteiger charge is 2.16. The first-order valence-electron chi connectivity index (χ1n) is 8.61. The van der Waals surface area contributed by atoms with Gasteiger partial charge in [-0.05, 0) is 62.4 Å². The number of anilines is 1. The maximum absolute atomic E-state index is 12.1. The maximum atomic E-state index is 12.1. The number of rotatable bonds is 6. The fraction of sp³-hybridized carbons (Fsp3) is 0.474. The van der Waals surface area contributed by atoms with Crippen molar-refractivity contribution in [1.29, 1.82) is 0 Å². The zero-order valence-corrected chi connectivity index (χ0v) is 16.4. The van der Waals surface area contributed by atoms with E-state index in [0.717, 1.165) is 25.9 Å². The molecule has 1 unspecified atom stereocenters. The summed E-state index contributed by atoms with van der Waals surface area (Å²) >= 11 is 1.57. The van der Waals surface area contributed by atoms with Crippen LogP contribution in [0.2, 0.25) is 0 Å². The molecule has 0 aliphatic carbocycles. The lowest BCUT2D eigenvalue weighted by Crippen LogP contribution is -2.14. The lowest BCUT2D eigenvalue weighted by molar-refractivity contribution is -0.116. The van der Waals surface area contributed by atoms with Gasteiger partial charge in [-0.1, -0.05) is 18.2 Å². The molecule has 1 aromatic carbocycles. The first kappa shape index (κ1) is 19.9. The lowest BCUT2D eigenvalue weighted by atomic mass is 10.0. The van der Waals surface area contributed by atoms with Gasteiger partial charge in [0.05, 0.1) is 0 Å². The number of hydrogen-bond donors (Lipinski definition) is 2. The lowest BCUT2D eigenvalue weighted by Gasteiger charge is -2.07. The Morgan fingerprint density at radius 1 is 1.36 bits per heavy atom. The second-order valence-electron chi connectivity index (χ2n) is 6.67. The Morgan fingerprint density at radius 2 is 2.20 bits per heavy atom. The summed E-state index contributed by atoms with van der Waals surface area (Å²) in [5, 5.41) is 6.99. The highest BCUT2D eigenvalue weighted by atomic mass is 35.5. The highest BCUT2D eigenvalue weighted by molar-refractivity contribution is 7.15. The normalized spacial score (nSPS) is 16.5. The average molecular weight is 380 g/mol. The van der Waals surface area contributed by atoms with Crippen molar-refractivity contribution >= 4 is 34.8 Å². The number of hydrogen-bond acceptors (Lipinski definition) is 4. The van der Waals surface area contributed by atoms with E-state index >= 15 is 0 Å². The Bertz CT molecular complexity index is 710. The molecule has 1 amide bonds. The third-order valence-corrected chi connectivity index (χ3v) is 5.60. The van der Waals surface area contributed by atoms with Gasteiger partial charge in [-0.3, -0.25) is 4.79 Å². The fourth-order valence-electron chi connectivity index (χ4n) is 3.04. The number of aromatic nitrogens is 1. The molecule has 6 heteroatoms. The van der Waals surface area contributed by atoms with Crippen LogP contribution in [0.3, 0.4) is 0 Å². The van der Waals surface area contributed by atoms with Crippen molar-refractivity contribution in [3.8, 4) is 0 Å². The Labute approximate surface area is 159 Å². The van der Waals surface area contributed by atoms with Gasteiger partial charge in [-0.2, -0.15) is 0 Å². The van der Waals surface area contributed by atoms with E-state index in [-0.39, 0.29) is 18.3 Å². The molecule has 2 heterocycles. The molecule has 2 N–H and O–H groups in total. The van der Waals surface area contributed by atoms with E-state index in [0.29, 0.717) is 17.5 Å². The van der Waals surface area contributed by atoms with Crippen LogP contribution in [0.1, 0.15) is 40.8 Å². The standard InChI is InChI=1S/C19H25N3OS.ClH/c1-13-3-4-16(9-14(13)2)10-17-12-21-19(24-17)22-18(23)6-5-15-7-8-20-11-15;/h3-4,9,12,15,20H,5-8,10-11H2,1-2H3,(H,21,22,23);1H. The number of halogens is 1. The Hall–Kier alpha value is -1.43. The van der Waals surface area contributed by atoms with E-state index in [2.05, 4.69) is 47.7 Å². The largest absolute Gasteiger partial charge is 0.316 e. The first-order chi connectivity index (χ1) is 11.6. The van der Waals surface area contributed by atoms with E-state index in [1.165, 1.54) is 28.0 Å². The Balaban J connectivity index is 0.00000225. The molecular weight excluding hydrogens is 354 g/mol. The Kier molecular flexibility index (Phi) is 7.41. The van der Waals surface area contributed by atoms with Gasteiger partial charge < -0.3 is 10.6 Å². The van der Waals surface area contributed by atoms with Crippen LogP contribution >= 0.6 is 23.7 Å². The number of carbonyl (C=O) groups is 1. The predicted molar refractivity (Wildman–Crippen MR) is 107 cm³/mol. The van der Waals surface area contributed by atoms with Gasteiger partial charge in [0.15, 0.2) is 5.13 Å². The van der Waals surface area contributed by atoms with E-state index in [4.69, 9.17) is 0 Å². The quantitative estimate of drug-likeness (QED) is 0.794. The zero-order chi connectivity index (χ0) is 16.9. The molecule has 0 bridgehead atoms. The summed E-state index contributed by atoms with van der Waals surface area (Å²) in [6, 6.07) is 6.55. The molecular formula is C19H26ClN3OS. The summed E-state index contributed by atoms with van der Waals surface area (Å²) in [5.41, 5.74) is 3.91. The van der Waals surface area contributed by atoms with Crippen LogP contribution in [0.15, 0.2) is 24.4 Å². The number of thiazole rings is 1. The van der Waals surface area contributed by atoms with Gasteiger partial charge in [0.1, 0.15) is 0 Å². The molecule has 0 saturated carbocycles. The third-order valence-electron chi connectivity index (χ3n) is 4.69. The maximum Gasteiger partial charge on any atom is 0.226 e. The van der Waals surface area contributed by atoms with E-state index < -0.39 is 0 Å². The average Bonchev–Trinajstić information content (AvgIpc) is 3.21. The van der Waals surface area contributed by atoms with Crippen molar-refractivity contribution in [3.63, 3.8) is 0 Å². The van der Waals surface area contributed by atoms with Crippen LogP contribution in [0.5, 0.6) is 0 Å². The summed E-state index contributed by atoms with van der Waals surface area (Å²) in [6.45, 7) is 6.39. The molecule has 2 aromatic rings. The third kappa shape index (κ3) is 5.80. The molecule has 25 heavy (non-hydrogen) atoms. The van der Waals surface area contributed by atoms with Crippen molar-refractivity contribution in [1.82, 2.24) is 10.3 Å². The summed E-state index contributed by atoms with van der Waals surface area (Å²) in [4.78, 5) is 17.6. The first-order valence-corrected chi connectivity index (χ1v) is 9.43. The van der Waals surface area contributed by atoms with Crippen molar-refractivity contribution in [2.75, 3.05) is 18.4 Å². The van der Waals surface area contributed by atoms with Crippen molar-refractivity contribution < 1.29 is 4.79 Å². The van der Waals surface area contributed by atoms with Gasteiger partial charge in [0.25, 0.3) is 0 Å². The summed E-state index contributed by atoms with van der Waals surface area (Å²) in [7, 11) is 0. The fourth-order valence-corrected chi connectivity index (χ4v) is 3.90. The number of aryl methyl sites for hydroxylation is 2. The van der Waals surface area contributed by atoms with Crippen molar-refractivity contribution in [2.45, 2.75) is 39.5 Å². The van der Waals surface area contributed by atoms with Gasteiger partial charge in [-0.15, -0.1) is 23.7 Å². The number of nitrogens with zero attached hydrogens (tertiary/aromatic N) is 1. The van der Waals surface area contributed by atoms with Crippen LogP contribution in [-0.4, -0.2) is 24.0 Å².